The van der Waals surface area contributed by atoms with Crippen molar-refractivity contribution in [1.82, 2.24) is 0 Å². The molecule has 0 aromatic heterocycles. The maximum atomic E-state index is 6.12. The number of nitrogens with one attached hydrogen (secondary N) is 1. The lowest BCUT2D eigenvalue weighted by Crippen LogP contribution is -2.08. The first kappa shape index (κ1) is 16.0. The number of anilines is 1. The van der Waals surface area contributed by atoms with E-state index in [1.165, 1.54) is 5.56 Å². The summed E-state index contributed by atoms with van der Waals surface area (Å²) < 4.78 is 11.7. The molecule has 1 N–H and O–H groups in total. The molecule has 0 bridgehead atoms. The highest BCUT2D eigenvalue weighted by Crippen LogP contribution is 2.37. The summed E-state index contributed by atoms with van der Waals surface area (Å²) in [5.74, 6) is 1.30. The number of ether oxygens (including phenoxy) is 2. The second kappa shape index (κ2) is 7.05. The van der Waals surface area contributed by atoms with E-state index in [-0.39, 0.29) is 6.04 Å². The van der Waals surface area contributed by atoms with Crippen LogP contribution in [0, 0.1) is 0 Å². The maximum Gasteiger partial charge on any atom is 0.143 e. The Labute approximate surface area is 138 Å². The van der Waals surface area contributed by atoms with Crippen LogP contribution in [0.25, 0.3) is 0 Å². The minimum Gasteiger partial charge on any atom is -0.495 e. The summed E-state index contributed by atoms with van der Waals surface area (Å²) in [6.45, 7) is 2.09. The van der Waals surface area contributed by atoms with Crippen molar-refractivity contribution in [1.29, 1.82) is 0 Å². The average Bonchev–Trinajstić information content (AvgIpc) is 2.48. The predicted molar refractivity (Wildman–Crippen MR) is 90.7 cm³/mol. The average molecular weight is 371 g/mol. The van der Waals surface area contributed by atoms with Crippen LogP contribution in [-0.2, 0) is 0 Å². The molecule has 0 fully saturated rings. The molecule has 112 valence electrons. The number of methoxy groups -OCH3 is 2. The molecule has 3 nitrogen and oxygen atoms in total. The first-order valence-corrected chi connectivity index (χ1v) is 7.65. The Morgan fingerprint density at radius 3 is 2.43 bits per heavy atom. The molecule has 1 atom stereocenters. The Kier molecular flexibility index (Phi) is 5.37. The fraction of sp³-hybridized carbons (Fsp3) is 0.250. The third-order valence-electron chi connectivity index (χ3n) is 3.19. The van der Waals surface area contributed by atoms with Crippen LogP contribution in [-0.4, -0.2) is 14.2 Å². The van der Waals surface area contributed by atoms with E-state index in [2.05, 4.69) is 40.3 Å². The lowest BCUT2D eigenvalue weighted by molar-refractivity contribution is 0.404. The molecule has 2 aromatic carbocycles. The van der Waals surface area contributed by atoms with Gasteiger partial charge in [-0.1, -0.05) is 39.7 Å². The molecule has 0 saturated heterocycles. The Morgan fingerprint density at radius 1 is 1.10 bits per heavy atom. The third kappa shape index (κ3) is 3.83. The van der Waals surface area contributed by atoms with Gasteiger partial charge >= 0.3 is 0 Å². The van der Waals surface area contributed by atoms with Crippen molar-refractivity contribution in [3.63, 3.8) is 0 Å². The minimum absolute atomic E-state index is 0.113. The normalized spacial score (nSPS) is 11.9. The standard InChI is InChI=1S/C16H17BrClNO2/c1-10(11-5-4-6-12(17)7-11)19-14-9-15(20-2)13(18)8-16(14)21-3/h4-10,19H,1-3H3. The van der Waals surface area contributed by atoms with E-state index in [1.54, 1.807) is 20.3 Å². The van der Waals surface area contributed by atoms with Crippen molar-refractivity contribution in [2.24, 2.45) is 0 Å². The van der Waals surface area contributed by atoms with E-state index in [1.807, 2.05) is 18.2 Å². The summed E-state index contributed by atoms with van der Waals surface area (Å²) in [4.78, 5) is 0. The van der Waals surface area contributed by atoms with Crippen LogP contribution >= 0.6 is 27.5 Å². The van der Waals surface area contributed by atoms with Crippen LogP contribution in [0.3, 0.4) is 0 Å². The van der Waals surface area contributed by atoms with Gasteiger partial charge in [0.2, 0.25) is 0 Å². The fourth-order valence-electron chi connectivity index (χ4n) is 2.07. The van der Waals surface area contributed by atoms with Gasteiger partial charge in [0.1, 0.15) is 11.5 Å². The molecular formula is C16H17BrClNO2. The molecule has 0 radical (unpaired) electrons. The van der Waals surface area contributed by atoms with Crippen LogP contribution < -0.4 is 14.8 Å². The Morgan fingerprint density at radius 2 is 1.81 bits per heavy atom. The third-order valence-corrected chi connectivity index (χ3v) is 3.98. The van der Waals surface area contributed by atoms with Gasteiger partial charge in [-0.05, 0) is 24.6 Å². The van der Waals surface area contributed by atoms with Gasteiger partial charge in [0.25, 0.3) is 0 Å². The second-order valence-electron chi connectivity index (χ2n) is 4.61. The second-order valence-corrected chi connectivity index (χ2v) is 5.93. The van der Waals surface area contributed by atoms with E-state index < -0.39 is 0 Å². The maximum absolute atomic E-state index is 6.12. The number of hydrogen-bond acceptors (Lipinski definition) is 3. The highest BCUT2D eigenvalue weighted by Gasteiger charge is 2.13. The van der Waals surface area contributed by atoms with Crippen molar-refractivity contribution in [2.45, 2.75) is 13.0 Å². The van der Waals surface area contributed by atoms with E-state index >= 15 is 0 Å². The van der Waals surface area contributed by atoms with E-state index in [4.69, 9.17) is 21.1 Å². The van der Waals surface area contributed by atoms with Gasteiger partial charge in [0, 0.05) is 22.6 Å². The van der Waals surface area contributed by atoms with Gasteiger partial charge in [-0.2, -0.15) is 0 Å². The molecule has 0 aliphatic heterocycles. The molecule has 0 aliphatic rings. The van der Waals surface area contributed by atoms with Gasteiger partial charge in [-0.15, -0.1) is 0 Å². The van der Waals surface area contributed by atoms with Crippen molar-refractivity contribution in [3.05, 3.63) is 51.5 Å². The summed E-state index contributed by atoms with van der Waals surface area (Å²) >= 11 is 9.60. The molecule has 1 unspecified atom stereocenters. The monoisotopic (exact) mass is 369 g/mol. The van der Waals surface area contributed by atoms with Gasteiger partial charge in [-0.25, -0.2) is 0 Å². The summed E-state index contributed by atoms with van der Waals surface area (Å²) in [6, 6.07) is 11.9. The van der Waals surface area contributed by atoms with Crippen molar-refractivity contribution in [2.75, 3.05) is 19.5 Å². The Hall–Kier alpha value is -1.39. The number of benzene rings is 2. The number of rotatable bonds is 5. The highest BCUT2D eigenvalue weighted by molar-refractivity contribution is 9.10. The summed E-state index contributed by atoms with van der Waals surface area (Å²) in [6.07, 6.45) is 0. The Balaban J connectivity index is 2.29. The lowest BCUT2D eigenvalue weighted by Gasteiger charge is -2.19. The highest BCUT2D eigenvalue weighted by atomic mass is 79.9. The fourth-order valence-corrected chi connectivity index (χ4v) is 2.71. The van der Waals surface area contributed by atoms with E-state index in [0.29, 0.717) is 16.5 Å². The van der Waals surface area contributed by atoms with E-state index in [9.17, 15) is 0 Å². The molecule has 0 spiro atoms. The molecule has 0 heterocycles. The molecule has 21 heavy (non-hydrogen) atoms. The number of hydrogen-bond donors (Lipinski definition) is 1. The smallest absolute Gasteiger partial charge is 0.143 e. The molecule has 0 saturated carbocycles. The van der Waals surface area contributed by atoms with Gasteiger partial charge in [0.05, 0.1) is 24.9 Å². The molecular weight excluding hydrogens is 354 g/mol. The van der Waals surface area contributed by atoms with Gasteiger partial charge in [0.15, 0.2) is 0 Å². The van der Waals surface area contributed by atoms with Crippen molar-refractivity contribution >= 4 is 33.2 Å². The van der Waals surface area contributed by atoms with E-state index in [0.717, 1.165) is 10.2 Å². The summed E-state index contributed by atoms with van der Waals surface area (Å²) in [5, 5.41) is 3.95. The molecule has 2 rings (SSSR count). The van der Waals surface area contributed by atoms with Crippen molar-refractivity contribution in [3.8, 4) is 11.5 Å². The van der Waals surface area contributed by atoms with Crippen LogP contribution in [0.15, 0.2) is 40.9 Å². The molecule has 2 aromatic rings. The molecule has 0 amide bonds. The lowest BCUT2D eigenvalue weighted by atomic mass is 10.1. The number of halogens is 2. The zero-order chi connectivity index (χ0) is 15.4. The largest absolute Gasteiger partial charge is 0.495 e. The predicted octanol–water partition coefficient (Wildman–Crippen LogP) is 5.29. The van der Waals surface area contributed by atoms with Crippen LogP contribution in [0.1, 0.15) is 18.5 Å². The first-order valence-electron chi connectivity index (χ1n) is 6.48. The van der Waals surface area contributed by atoms with Gasteiger partial charge < -0.3 is 14.8 Å². The quantitative estimate of drug-likeness (QED) is 0.775. The summed E-state index contributed by atoms with van der Waals surface area (Å²) in [5.41, 5.74) is 2.01. The molecule has 5 heteroatoms. The van der Waals surface area contributed by atoms with Gasteiger partial charge in [-0.3, -0.25) is 0 Å². The first-order chi connectivity index (χ1) is 10.0. The van der Waals surface area contributed by atoms with Crippen LogP contribution in [0.2, 0.25) is 5.02 Å². The Bertz CT molecular complexity index is 634. The topological polar surface area (TPSA) is 30.5 Å². The minimum atomic E-state index is 0.113. The van der Waals surface area contributed by atoms with Crippen molar-refractivity contribution < 1.29 is 9.47 Å². The summed E-state index contributed by atoms with van der Waals surface area (Å²) in [7, 11) is 3.21. The van der Waals surface area contributed by atoms with Crippen LogP contribution in [0.5, 0.6) is 11.5 Å². The SMILES string of the molecule is COc1cc(NC(C)c2cccc(Br)c2)c(OC)cc1Cl. The van der Waals surface area contributed by atoms with Crippen LogP contribution in [0.4, 0.5) is 5.69 Å². The zero-order valence-electron chi connectivity index (χ0n) is 12.1. The zero-order valence-corrected chi connectivity index (χ0v) is 14.5. The molecule has 0 aliphatic carbocycles.